The van der Waals surface area contributed by atoms with Crippen LogP contribution in [0.5, 0.6) is 0 Å². The van der Waals surface area contributed by atoms with E-state index in [1.807, 2.05) is 0 Å². The van der Waals surface area contributed by atoms with Crippen molar-refractivity contribution in [2.45, 2.75) is 0 Å². The number of rotatable bonds is 7. The third kappa shape index (κ3) is 6.74. The highest BCUT2D eigenvalue weighted by molar-refractivity contribution is 6.29. The Bertz CT molecular complexity index is 4880. The lowest BCUT2D eigenvalue weighted by Gasteiger charge is -2.14. The molecule has 0 saturated carbocycles. The van der Waals surface area contributed by atoms with Crippen LogP contribution < -0.4 is 0 Å². The van der Waals surface area contributed by atoms with Crippen molar-refractivity contribution in [3.8, 4) is 62.1 Å². The minimum absolute atomic E-state index is 0.623. The Hall–Kier alpha value is -10.4. The molecule has 77 heavy (non-hydrogen) atoms. The second kappa shape index (κ2) is 17.1. The molecule has 0 unspecified atom stereocenters. The van der Waals surface area contributed by atoms with Crippen LogP contribution in [0.25, 0.3) is 149 Å². The molecule has 0 atom stereocenters. The molecule has 16 aromatic rings. The van der Waals surface area contributed by atoms with E-state index in [1.165, 1.54) is 60.1 Å². The van der Waals surface area contributed by atoms with Crippen LogP contribution in [0.2, 0.25) is 0 Å². The number of benzene rings is 12. The molecule has 5 nitrogen and oxygen atoms in total. The SMILES string of the molecule is c1ccc(-c2cc(-c3ccccc3)cc(-n3c4ccccc4c4c5c6ccccc6n(-c6ccc7c(c6)c6ccccc6n7-c6nc(-c7cccc8ccccc78)cc(-c7cccc8ccccc78)n6)c5ccc43)c2)cc1. The Morgan fingerprint density at radius 2 is 0.649 bits per heavy atom. The van der Waals surface area contributed by atoms with Gasteiger partial charge in [-0.15, -0.1) is 0 Å². The molecule has 0 radical (unpaired) electrons. The van der Waals surface area contributed by atoms with Gasteiger partial charge < -0.3 is 9.13 Å². The second-order valence-corrected chi connectivity index (χ2v) is 20.1. The maximum Gasteiger partial charge on any atom is 0.235 e. The monoisotopic (exact) mass is 979 g/mol. The third-order valence-electron chi connectivity index (χ3n) is 15.8. The summed E-state index contributed by atoms with van der Waals surface area (Å²) in [6.07, 6.45) is 0. The van der Waals surface area contributed by atoms with Gasteiger partial charge in [0, 0.05) is 54.8 Å². The van der Waals surface area contributed by atoms with E-state index in [9.17, 15) is 0 Å². The largest absolute Gasteiger partial charge is 0.309 e. The predicted octanol–water partition coefficient (Wildman–Crippen LogP) is 18.7. The molecule has 5 heteroatoms. The van der Waals surface area contributed by atoms with Crippen LogP contribution in [0.15, 0.2) is 273 Å². The molecule has 0 bridgehead atoms. The average molecular weight is 980 g/mol. The maximum atomic E-state index is 5.52. The summed E-state index contributed by atoms with van der Waals surface area (Å²) in [5, 5.41) is 11.8. The fourth-order valence-corrected chi connectivity index (χ4v) is 12.4. The van der Waals surface area contributed by atoms with Gasteiger partial charge in [-0.3, -0.25) is 4.57 Å². The molecule has 12 aromatic carbocycles. The van der Waals surface area contributed by atoms with Crippen molar-refractivity contribution in [1.82, 2.24) is 23.7 Å². The normalized spacial score (nSPS) is 11.9. The number of hydrogen-bond donors (Lipinski definition) is 0. The third-order valence-corrected chi connectivity index (χ3v) is 15.8. The molecule has 4 heterocycles. The van der Waals surface area contributed by atoms with Crippen molar-refractivity contribution in [1.29, 1.82) is 0 Å². The zero-order valence-electron chi connectivity index (χ0n) is 41.7. The summed E-state index contributed by atoms with van der Waals surface area (Å²) in [7, 11) is 0. The van der Waals surface area contributed by atoms with Gasteiger partial charge in [-0.25, -0.2) is 9.97 Å². The van der Waals surface area contributed by atoms with E-state index in [0.29, 0.717) is 5.95 Å². The first-order valence-electron chi connectivity index (χ1n) is 26.3. The molecule has 16 rings (SSSR count). The van der Waals surface area contributed by atoms with Crippen molar-refractivity contribution in [2.75, 3.05) is 0 Å². The highest BCUT2D eigenvalue weighted by atomic mass is 15.2. The molecule has 0 saturated heterocycles. The summed E-state index contributed by atoms with van der Waals surface area (Å²) in [5.41, 5.74) is 17.5. The van der Waals surface area contributed by atoms with E-state index < -0.39 is 0 Å². The number of hydrogen-bond acceptors (Lipinski definition) is 2. The number of nitrogens with zero attached hydrogens (tertiary/aromatic N) is 5. The first-order chi connectivity index (χ1) is 38.2. The van der Waals surface area contributed by atoms with Crippen LogP contribution in [0.4, 0.5) is 0 Å². The smallest absolute Gasteiger partial charge is 0.235 e. The summed E-state index contributed by atoms with van der Waals surface area (Å²) < 4.78 is 7.19. The molecule has 0 amide bonds. The van der Waals surface area contributed by atoms with Gasteiger partial charge in [0.25, 0.3) is 0 Å². The van der Waals surface area contributed by atoms with Gasteiger partial charge in [0.1, 0.15) is 0 Å². The molecule has 0 aliphatic heterocycles. The summed E-state index contributed by atoms with van der Waals surface area (Å²) >= 11 is 0. The minimum atomic E-state index is 0.623. The van der Waals surface area contributed by atoms with Crippen LogP contribution in [-0.4, -0.2) is 23.7 Å². The lowest BCUT2D eigenvalue weighted by atomic mass is 9.98. The maximum absolute atomic E-state index is 5.52. The first kappa shape index (κ1) is 43.1. The van der Waals surface area contributed by atoms with Crippen molar-refractivity contribution >= 4 is 87.0 Å². The van der Waals surface area contributed by atoms with Gasteiger partial charge in [0.05, 0.1) is 44.5 Å². The van der Waals surface area contributed by atoms with Crippen LogP contribution in [0, 0.1) is 0 Å². The van der Waals surface area contributed by atoms with Crippen LogP contribution >= 0.6 is 0 Å². The molecule has 0 N–H and O–H groups in total. The number of para-hydroxylation sites is 3. The zero-order valence-corrected chi connectivity index (χ0v) is 41.7. The Morgan fingerprint density at radius 3 is 1.19 bits per heavy atom. The quantitative estimate of drug-likeness (QED) is 0.160. The van der Waals surface area contributed by atoms with Gasteiger partial charge in [-0.05, 0) is 117 Å². The van der Waals surface area contributed by atoms with E-state index in [-0.39, 0.29) is 0 Å². The van der Waals surface area contributed by atoms with Crippen molar-refractivity contribution in [2.24, 2.45) is 0 Å². The standard InChI is InChI=1S/C72H45N5/c1-3-19-46(20-4-1)50-41-51(47-21-5-2-6-22-47)43-53(42-50)76-66-36-16-13-31-60(66)71-69(76)40-39-68-70(71)59-30-12-15-35-65(59)75(68)52-37-38-67-61(44-52)58-29-11-14-34-64(58)77(67)72-73-62(56-32-17-25-48-23-7-9-27-54(48)56)45-63(74-72)57-33-18-26-49-24-8-10-28-55(49)57/h1-45H. The van der Waals surface area contributed by atoms with Gasteiger partial charge in [0.2, 0.25) is 5.95 Å². The van der Waals surface area contributed by atoms with Crippen molar-refractivity contribution < 1.29 is 0 Å². The predicted molar refractivity (Wildman–Crippen MR) is 322 cm³/mol. The minimum Gasteiger partial charge on any atom is -0.309 e. The lowest BCUT2D eigenvalue weighted by Crippen LogP contribution is -2.04. The molecular weight excluding hydrogens is 935 g/mol. The van der Waals surface area contributed by atoms with Crippen molar-refractivity contribution in [3.05, 3.63) is 273 Å². The molecule has 0 spiro atoms. The van der Waals surface area contributed by atoms with E-state index in [2.05, 4.69) is 287 Å². The van der Waals surface area contributed by atoms with E-state index in [4.69, 9.17) is 9.97 Å². The fraction of sp³-hybridized carbons (Fsp3) is 0. The summed E-state index contributed by atoms with van der Waals surface area (Å²) in [4.78, 5) is 11.0. The van der Waals surface area contributed by atoms with Crippen LogP contribution in [-0.2, 0) is 0 Å². The molecular formula is C72H45N5. The highest BCUT2D eigenvalue weighted by Gasteiger charge is 2.24. The Balaban J connectivity index is 0.921. The average Bonchev–Trinajstić information content (AvgIpc) is 4.16. The molecule has 4 aromatic heterocycles. The Kier molecular flexibility index (Phi) is 9.57. The van der Waals surface area contributed by atoms with Gasteiger partial charge in [-0.1, -0.05) is 200 Å². The number of aromatic nitrogens is 5. The summed E-state index contributed by atoms with van der Waals surface area (Å²) in [6.45, 7) is 0. The topological polar surface area (TPSA) is 40.6 Å². The van der Waals surface area contributed by atoms with Gasteiger partial charge in [-0.2, -0.15) is 0 Å². The van der Waals surface area contributed by atoms with Crippen LogP contribution in [0.3, 0.4) is 0 Å². The summed E-state index contributed by atoms with van der Waals surface area (Å²) in [5.74, 6) is 0.623. The Labute approximate surface area is 443 Å². The molecule has 0 fully saturated rings. The van der Waals surface area contributed by atoms with E-state index >= 15 is 0 Å². The molecule has 0 aliphatic carbocycles. The fourth-order valence-electron chi connectivity index (χ4n) is 12.4. The first-order valence-corrected chi connectivity index (χ1v) is 26.3. The molecule has 0 aliphatic rings. The summed E-state index contributed by atoms with van der Waals surface area (Å²) in [6, 6.07) is 98.8. The molecule has 358 valence electrons. The van der Waals surface area contributed by atoms with Gasteiger partial charge in [0.15, 0.2) is 0 Å². The van der Waals surface area contributed by atoms with E-state index in [0.717, 1.165) is 83.0 Å². The van der Waals surface area contributed by atoms with E-state index in [1.54, 1.807) is 0 Å². The van der Waals surface area contributed by atoms with Crippen LogP contribution in [0.1, 0.15) is 0 Å². The Morgan fingerprint density at radius 1 is 0.234 bits per heavy atom. The second-order valence-electron chi connectivity index (χ2n) is 20.1. The zero-order chi connectivity index (χ0) is 50.6. The highest BCUT2D eigenvalue weighted by Crippen LogP contribution is 2.45. The lowest BCUT2D eigenvalue weighted by molar-refractivity contribution is 0.996. The van der Waals surface area contributed by atoms with Crippen molar-refractivity contribution in [3.63, 3.8) is 0 Å². The number of fused-ring (bicyclic) bond motifs is 12. The van der Waals surface area contributed by atoms with Gasteiger partial charge >= 0.3 is 0 Å².